The Morgan fingerprint density at radius 2 is 2.00 bits per heavy atom. The van der Waals surface area contributed by atoms with Gasteiger partial charge >= 0.3 is 0 Å². The molecule has 0 amide bonds. The van der Waals surface area contributed by atoms with Crippen molar-refractivity contribution in [1.82, 2.24) is 4.98 Å². The maximum Gasteiger partial charge on any atom is 0.281 e. The number of nitrogens with two attached hydrogens (primary N) is 1. The summed E-state index contributed by atoms with van der Waals surface area (Å²) >= 11 is 0. The Morgan fingerprint density at radius 3 is 2.65 bits per heavy atom. The molecule has 0 atom stereocenters. The largest absolute Gasteiger partial charge is 0.396 e. The molecule has 0 saturated heterocycles. The SMILES string of the molecule is Nc1cccnc1S(=O)(=O)Nc1cccc([N+](=O)[O-])c1. The molecule has 0 fully saturated rings. The fourth-order valence-electron chi connectivity index (χ4n) is 1.51. The summed E-state index contributed by atoms with van der Waals surface area (Å²) < 4.78 is 26.4. The highest BCUT2D eigenvalue weighted by Crippen LogP contribution is 2.22. The second-order valence-electron chi connectivity index (χ2n) is 3.81. The van der Waals surface area contributed by atoms with Crippen molar-refractivity contribution in [3.05, 3.63) is 52.7 Å². The number of aromatic nitrogens is 1. The highest BCUT2D eigenvalue weighted by Gasteiger charge is 2.19. The van der Waals surface area contributed by atoms with E-state index in [9.17, 15) is 18.5 Å². The van der Waals surface area contributed by atoms with Crippen LogP contribution in [0.3, 0.4) is 0 Å². The Labute approximate surface area is 114 Å². The van der Waals surface area contributed by atoms with Crippen LogP contribution in [-0.2, 0) is 10.0 Å². The highest BCUT2D eigenvalue weighted by atomic mass is 32.2. The lowest BCUT2D eigenvalue weighted by atomic mass is 10.3. The molecule has 0 aliphatic carbocycles. The number of hydrogen-bond donors (Lipinski definition) is 2. The van der Waals surface area contributed by atoms with Crippen molar-refractivity contribution in [2.24, 2.45) is 0 Å². The number of sulfonamides is 1. The Kier molecular flexibility index (Phi) is 3.53. The molecule has 8 nitrogen and oxygen atoms in total. The molecule has 104 valence electrons. The van der Waals surface area contributed by atoms with Crippen LogP contribution in [0.25, 0.3) is 0 Å². The van der Waals surface area contributed by atoms with Gasteiger partial charge in [0.1, 0.15) is 0 Å². The molecule has 0 radical (unpaired) electrons. The van der Waals surface area contributed by atoms with Crippen LogP contribution >= 0.6 is 0 Å². The van der Waals surface area contributed by atoms with Crippen LogP contribution in [0.5, 0.6) is 0 Å². The fourth-order valence-corrected chi connectivity index (χ4v) is 2.63. The molecule has 2 aromatic rings. The standard InChI is InChI=1S/C11H10N4O4S/c12-10-5-2-6-13-11(10)20(18,19)14-8-3-1-4-9(7-8)15(16)17/h1-7,14H,12H2. The van der Waals surface area contributed by atoms with E-state index in [0.717, 1.165) is 6.07 Å². The molecular weight excluding hydrogens is 284 g/mol. The monoisotopic (exact) mass is 294 g/mol. The topological polar surface area (TPSA) is 128 Å². The van der Waals surface area contributed by atoms with Crippen molar-refractivity contribution in [1.29, 1.82) is 0 Å². The average Bonchev–Trinajstić information content (AvgIpc) is 2.38. The molecule has 0 saturated carbocycles. The molecule has 1 heterocycles. The smallest absolute Gasteiger partial charge is 0.281 e. The number of nitrogens with one attached hydrogen (secondary N) is 1. The molecular formula is C11H10N4O4S. The number of hydrogen-bond acceptors (Lipinski definition) is 6. The van der Waals surface area contributed by atoms with Gasteiger partial charge in [-0.25, -0.2) is 4.98 Å². The third-order valence-corrected chi connectivity index (χ3v) is 3.72. The number of nitrogen functional groups attached to an aromatic ring is 1. The first-order chi connectivity index (χ1) is 9.40. The van der Waals surface area contributed by atoms with Gasteiger partial charge < -0.3 is 5.73 Å². The molecule has 1 aromatic heterocycles. The summed E-state index contributed by atoms with van der Waals surface area (Å²) in [7, 11) is -4.00. The first-order valence-corrected chi connectivity index (χ1v) is 6.86. The first-order valence-electron chi connectivity index (χ1n) is 5.38. The van der Waals surface area contributed by atoms with E-state index in [0.29, 0.717) is 0 Å². The van der Waals surface area contributed by atoms with Crippen molar-refractivity contribution in [2.75, 3.05) is 10.5 Å². The van der Waals surface area contributed by atoms with E-state index < -0.39 is 14.9 Å². The van der Waals surface area contributed by atoms with Gasteiger partial charge in [-0.2, -0.15) is 8.42 Å². The van der Waals surface area contributed by atoms with E-state index in [4.69, 9.17) is 5.73 Å². The zero-order valence-electron chi connectivity index (χ0n) is 10.1. The quantitative estimate of drug-likeness (QED) is 0.647. The summed E-state index contributed by atoms with van der Waals surface area (Å²) in [4.78, 5) is 13.7. The minimum atomic E-state index is -4.00. The molecule has 3 N–H and O–H groups in total. The molecule has 0 aliphatic rings. The summed E-state index contributed by atoms with van der Waals surface area (Å²) in [5.74, 6) is 0. The van der Waals surface area contributed by atoms with Gasteiger partial charge in [-0.1, -0.05) is 6.07 Å². The number of nitro groups is 1. The predicted molar refractivity (Wildman–Crippen MR) is 72.6 cm³/mol. The lowest BCUT2D eigenvalue weighted by molar-refractivity contribution is -0.384. The summed E-state index contributed by atoms with van der Waals surface area (Å²) in [5, 5.41) is 10.3. The van der Waals surface area contributed by atoms with Crippen LogP contribution in [0.4, 0.5) is 17.1 Å². The van der Waals surface area contributed by atoms with Crippen LogP contribution in [0.15, 0.2) is 47.6 Å². The summed E-state index contributed by atoms with van der Waals surface area (Å²) in [6.45, 7) is 0. The van der Waals surface area contributed by atoms with E-state index >= 15 is 0 Å². The van der Waals surface area contributed by atoms with Crippen LogP contribution < -0.4 is 10.5 Å². The molecule has 0 aliphatic heterocycles. The van der Waals surface area contributed by atoms with Crippen LogP contribution in [-0.4, -0.2) is 18.3 Å². The van der Waals surface area contributed by atoms with Crippen molar-refractivity contribution >= 4 is 27.1 Å². The summed E-state index contributed by atoms with van der Waals surface area (Å²) in [6, 6.07) is 8.03. The minimum absolute atomic E-state index is 0.00886. The van der Waals surface area contributed by atoms with Crippen LogP contribution in [0.2, 0.25) is 0 Å². The number of anilines is 2. The zero-order chi connectivity index (χ0) is 14.8. The maximum atomic E-state index is 12.1. The molecule has 2 rings (SSSR count). The van der Waals surface area contributed by atoms with Gasteiger partial charge in [-0.3, -0.25) is 14.8 Å². The molecule has 0 spiro atoms. The highest BCUT2D eigenvalue weighted by molar-refractivity contribution is 7.92. The predicted octanol–water partition coefficient (Wildman–Crippen LogP) is 1.37. The zero-order valence-corrected chi connectivity index (χ0v) is 10.9. The Hall–Kier alpha value is -2.68. The van der Waals surface area contributed by atoms with Gasteiger partial charge in [0.2, 0.25) is 0 Å². The molecule has 0 unspecified atom stereocenters. The van der Waals surface area contributed by atoms with E-state index in [1.807, 2.05) is 0 Å². The van der Waals surface area contributed by atoms with Gasteiger partial charge in [-0.05, 0) is 18.2 Å². The van der Waals surface area contributed by atoms with E-state index in [2.05, 4.69) is 9.71 Å². The van der Waals surface area contributed by atoms with E-state index in [1.165, 1.54) is 36.5 Å². The van der Waals surface area contributed by atoms with Crippen molar-refractivity contribution in [3.8, 4) is 0 Å². The first kappa shape index (κ1) is 13.7. The van der Waals surface area contributed by atoms with Crippen molar-refractivity contribution in [3.63, 3.8) is 0 Å². The van der Waals surface area contributed by atoms with Crippen molar-refractivity contribution < 1.29 is 13.3 Å². The lowest BCUT2D eigenvalue weighted by Gasteiger charge is -2.08. The maximum absolute atomic E-state index is 12.1. The third kappa shape index (κ3) is 2.83. The molecule has 1 aromatic carbocycles. The number of nitro benzene ring substituents is 1. The van der Waals surface area contributed by atoms with Gasteiger partial charge in [0.05, 0.1) is 16.3 Å². The van der Waals surface area contributed by atoms with E-state index in [-0.39, 0.29) is 22.1 Å². The number of rotatable bonds is 4. The number of non-ortho nitro benzene ring substituents is 1. The average molecular weight is 294 g/mol. The Morgan fingerprint density at radius 1 is 1.25 bits per heavy atom. The number of nitrogens with zero attached hydrogens (tertiary/aromatic N) is 2. The van der Waals surface area contributed by atoms with E-state index in [1.54, 1.807) is 0 Å². The molecule has 0 bridgehead atoms. The third-order valence-electron chi connectivity index (χ3n) is 2.36. The molecule has 9 heteroatoms. The minimum Gasteiger partial charge on any atom is -0.396 e. The van der Waals surface area contributed by atoms with Gasteiger partial charge in [0.15, 0.2) is 5.03 Å². The second-order valence-corrected chi connectivity index (χ2v) is 5.41. The van der Waals surface area contributed by atoms with Gasteiger partial charge in [-0.15, -0.1) is 0 Å². The lowest BCUT2D eigenvalue weighted by Crippen LogP contribution is -2.16. The fraction of sp³-hybridized carbons (Fsp3) is 0. The molecule has 20 heavy (non-hydrogen) atoms. The number of pyridine rings is 1. The summed E-state index contributed by atoms with van der Waals surface area (Å²) in [6.07, 6.45) is 1.29. The Bertz CT molecular complexity index is 761. The van der Waals surface area contributed by atoms with Crippen molar-refractivity contribution in [2.45, 2.75) is 5.03 Å². The summed E-state index contributed by atoms with van der Waals surface area (Å²) in [5.41, 5.74) is 5.38. The Balaban J connectivity index is 2.36. The van der Waals surface area contributed by atoms with Gasteiger partial charge in [0.25, 0.3) is 15.7 Å². The van der Waals surface area contributed by atoms with Crippen LogP contribution in [0.1, 0.15) is 0 Å². The number of benzene rings is 1. The normalized spacial score (nSPS) is 11.0. The second kappa shape index (κ2) is 5.13. The van der Waals surface area contributed by atoms with Gasteiger partial charge in [0, 0.05) is 18.3 Å². The van der Waals surface area contributed by atoms with Crippen LogP contribution in [0, 0.1) is 10.1 Å².